The average molecular weight is 262 g/mol. The molecule has 0 radical (unpaired) electrons. The van der Waals surface area contributed by atoms with Crippen LogP contribution in [0.5, 0.6) is 0 Å². The summed E-state index contributed by atoms with van der Waals surface area (Å²) in [7, 11) is 0. The molecule has 4 nitrogen and oxygen atoms in total. The molecule has 1 aliphatic heterocycles. The van der Waals surface area contributed by atoms with Crippen LogP contribution in [0.4, 0.5) is 0 Å². The molecule has 3 aromatic rings. The first-order valence-corrected chi connectivity index (χ1v) is 6.72. The third-order valence-corrected chi connectivity index (χ3v) is 3.60. The quantitative estimate of drug-likeness (QED) is 0.746. The molecular weight excluding hydrogens is 248 g/mol. The van der Waals surface area contributed by atoms with E-state index in [9.17, 15) is 0 Å². The maximum atomic E-state index is 4.63. The lowest BCUT2D eigenvalue weighted by molar-refractivity contribution is 0.591. The topological polar surface area (TPSA) is 53.1 Å². The minimum Gasteiger partial charge on any atom is -0.340 e. The Morgan fingerprint density at radius 3 is 2.60 bits per heavy atom. The molecule has 2 aromatic carbocycles. The number of aromatic nitrogens is 2. The first kappa shape index (κ1) is 11.2. The number of rotatable bonds is 2. The van der Waals surface area contributed by atoms with Crippen LogP contribution in [-0.4, -0.2) is 15.7 Å². The largest absolute Gasteiger partial charge is 0.340 e. The molecule has 0 spiro atoms. The van der Waals surface area contributed by atoms with Crippen molar-refractivity contribution < 1.29 is 0 Å². The maximum absolute atomic E-state index is 4.63. The lowest BCUT2D eigenvalue weighted by atomic mass is 10.0. The first-order valence-electron chi connectivity index (χ1n) is 6.72. The Balaban J connectivity index is 1.60. The van der Waals surface area contributed by atoms with Gasteiger partial charge in [0.25, 0.3) is 0 Å². The molecular formula is C16H14N4. The molecule has 20 heavy (non-hydrogen) atoms. The van der Waals surface area contributed by atoms with Crippen LogP contribution < -0.4 is 5.43 Å². The summed E-state index contributed by atoms with van der Waals surface area (Å²) in [6, 6.07) is 18.4. The average Bonchev–Trinajstić information content (AvgIpc) is 3.14. The summed E-state index contributed by atoms with van der Waals surface area (Å²) < 4.78 is 0. The number of hydrogen-bond donors (Lipinski definition) is 2. The molecule has 2 N–H and O–H groups in total. The number of H-pyrrole nitrogens is 1. The van der Waals surface area contributed by atoms with Crippen LogP contribution in [-0.2, 0) is 0 Å². The van der Waals surface area contributed by atoms with Crippen molar-refractivity contribution in [2.45, 2.75) is 12.5 Å². The number of nitrogens with one attached hydrogen (secondary N) is 2. The Labute approximate surface area is 116 Å². The number of para-hydroxylation sites is 2. The van der Waals surface area contributed by atoms with Gasteiger partial charge in [0, 0.05) is 6.42 Å². The number of benzene rings is 2. The van der Waals surface area contributed by atoms with E-state index in [0.717, 1.165) is 29.0 Å². The zero-order valence-corrected chi connectivity index (χ0v) is 10.9. The van der Waals surface area contributed by atoms with Gasteiger partial charge >= 0.3 is 0 Å². The second kappa shape index (κ2) is 4.49. The molecule has 1 atom stereocenters. The van der Waals surface area contributed by atoms with Gasteiger partial charge in [-0.15, -0.1) is 0 Å². The maximum Gasteiger partial charge on any atom is 0.131 e. The number of hydrogen-bond acceptors (Lipinski definition) is 3. The predicted octanol–water partition coefficient (Wildman–Crippen LogP) is 3.00. The molecule has 2 heterocycles. The highest BCUT2D eigenvalue weighted by Crippen LogP contribution is 2.24. The highest BCUT2D eigenvalue weighted by molar-refractivity contribution is 6.01. The summed E-state index contributed by atoms with van der Waals surface area (Å²) in [4.78, 5) is 7.99. The van der Waals surface area contributed by atoms with Gasteiger partial charge < -0.3 is 4.98 Å². The van der Waals surface area contributed by atoms with Crippen LogP contribution in [0.1, 0.15) is 23.9 Å². The molecule has 4 rings (SSSR count). The Bertz CT molecular complexity index is 740. The molecule has 1 aromatic heterocycles. The second-order valence-electron chi connectivity index (χ2n) is 4.95. The van der Waals surface area contributed by atoms with Gasteiger partial charge in [0.05, 0.1) is 16.7 Å². The van der Waals surface area contributed by atoms with Crippen molar-refractivity contribution >= 4 is 16.7 Å². The van der Waals surface area contributed by atoms with E-state index in [4.69, 9.17) is 0 Å². The molecule has 4 heteroatoms. The number of imidazole rings is 1. The standard InChI is InChI=1S/C16H14N4/c1-2-6-11(7-3-1)14-10-15(20-19-14)16-17-12-8-4-5-9-13(12)18-16/h1-9,15,20H,10H2,(H,17,18)/t15-/m1/s1. The summed E-state index contributed by atoms with van der Waals surface area (Å²) in [6.07, 6.45) is 0.851. The van der Waals surface area contributed by atoms with Crippen molar-refractivity contribution in [3.05, 3.63) is 66.0 Å². The molecule has 1 aliphatic rings. The molecule has 0 saturated carbocycles. The van der Waals surface area contributed by atoms with E-state index < -0.39 is 0 Å². The number of hydrazone groups is 1. The van der Waals surface area contributed by atoms with E-state index in [1.165, 1.54) is 5.56 Å². The Hall–Kier alpha value is -2.62. The lowest BCUT2D eigenvalue weighted by Gasteiger charge is -2.05. The third-order valence-electron chi connectivity index (χ3n) is 3.60. The van der Waals surface area contributed by atoms with E-state index in [0.29, 0.717) is 0 Å². The summed E-state index contributed by atoms with van der Waals surface area (Å²) in [5.41, 5.74) is 7.49. The van der Waals surface area contributed by atoms with E-state index in [1.807, 2.05) is 42.5 Å². The summed E-state index contributed by atoms with van der Waals surface area (Å²) in [5, 5.41) is 4.44. The molecule has 98 valence electrons. The molecule has 0 fully saturated rings. The summed E-state index contributed by atoms with van der Waals surface area (Å²) in [5.74, 6) is 0.945. The summed E-state index contributed by atoms with van der Waals surface area (Å²) in [6.45, 7) is 0. The van der Waals surface area contributed by atoms with E-state index >= 15 is 0 Å². The number of fused-ring (bicyclic) bond motifs is 1. The number of nitrogens with zero attached hydrogens (tertiary/aromatic N) is 2. The van der Waals surface area contributed by atoms with Crippen LogP contribution in [0.2, 0.25) is 0 Å². The van der Waals surface area contributed by atoms with E-state index in [1.54, 1.807) is 0 Å². The summed E-state index contributed by atoms with van der Waals surface area (Å²) >= 11 is 0. The molecule has 0 saturated heterocycles. The Morgan fingerprint density at radius 1 is 0.950 bits per heavy atom. The van der Waals surface area contributed by atoms with Crippen molar-refractivity contribution in [1.82, 2.24) is 15.4 Å². The molecule has 0 amide bonds. The highest BCUT2D eigenvalue weighted by Gasteiger charge is 2.23. The van der Waals surface area contributed by atoms with Gasteiger partial charge in [-0.3, -0.25) is 5.43 Å². The fraction of sp³-hybridized carbons (Fsp3) is 0.125. The zero-order valence-electron chi connectivity index (χ0n) is 10.9. The fourth-order valence-corrected chi connectivity index (χ4v) is 2.55. The predicted molar refractivity (Wildman–Crippen MR) is 79.6 cm³/mol. The minimum absolute atomic E-state index is 0.123. The first-order chi connectivity index (χ1) is 9.90. The van der Waals surface area contributed by atoms with Gasteiger partial charge in [-0.05, 0) is 17.7 Å². The second-order valence-corrected chi connectivity index (χ2v) is 4.95. The zero-order chi connectivity index (χ0) is 13.4. The van der Waals surface area contributed by atoms with Gasteiger partial charge in [0.1, 0.15) is 11.9 Å². The third kappa shape index (κ3) is 1.86. The SMILES string of the molecule is c1ccc(C2=NN[C@@H](c3nc4ccccc4[nH]3)C2)cc1. The normalized spacial score (nSPS) is 18.0. The van der Waals surface area contributed by atoms with Crippen molar-refractivity contribution in [3.63, 3.8) is 0 Å². The lowest BCUT2D eigenvalue weighted by Crippen LogP contribution is -2.11. The van der Waals surface area contributed by atoms with Crippen molar-refractivity contribution in [1.29, 1.82) is 0 Å². The van der Waals surface area contributed by atoms with Crippen LogP contribution in [0.3, 0.4) is 0 Å². The minimum atomic E-state index is 0.123. The van der Waals surface area contributed by atoms with Crippen molar-refractivity contribution in [2.24, 2.45) is 5.10 Å². The number of aromatic amines is 1. The molecule has 0 aliphatic carbocycles. The monoisotopic (exact) mass is 262 g/mol. The Morgan fingerprint density at radius 2 is 1.75 bits per heavy atom. The van der Waals surface area contributed by atoms with Crippen LogP contribution in [0.25, 0.3) is 11.0 Å². The van der Waals surface area contributed by atoms with Gasteiger partial charge in [-0.2, -0.15) is 5.10 Å². The fourth-order valence-electron chi connectivity index (χ4n) is 2.55. The van der Waals surface area contributed by atoms with Gasteiger partial charge in [0.2, 0.25) is 0 Å². The van der Waals surface area contributed by atoms with Crippen molar-refractivity contribution in [3.8, 4) is 0 Å². The van der Waals surface area contributed by atoms with Crippen LogP contribution in [0, 0.1) is 0 Å². The van der Waals surface area contributed by atoms with Gasteiger partial charge in [-0.25, -0.2) is 4.98 Å². The van der Waals surface area contributed by atoms with Gasteiger partial charge in [-0.1, -0.05) is 42.5 Å². The van der Waals surface area contributed by atoms with Crippen LogP contribution >= 0.6 is 0 Å². The van der Waals surface area contributed by atoms with E-state index in [-0.39, 0.29) is 6.04 Å². The molecule has 0 bridgehead atoms. The molecule has 0 unspecified atom stereocenters. The van der Waals surface area contributed by atoms with Gasteiger partial charge in [0.15, 0.2) is 0 Å². The highest BCUT2D eigenvalue weighted by atomic mass is 15.3. The van der Waals surface area contributed by atoms with Crippen molar-refractivity contribution in [2.75, 3.05) is 0 Å². The van der Waals surface area contributed by atoms with E-state index in [2.05, 4.69) is 32.6 Å². The van der Waals surface area contributed by atoms with Crippen LogP contribution in [0.15, 0.2) is 59.7 Å². The Kier molecular flexibility index (Phi) is 2.52. The smallest absolute Gasteiger partial charge is 0.131 e.